The number of halogens is 1. The van der Waals surface area contributed by atoms with E-state index in [1.54, 1.807) is 0 Å². The number of hydrogen-bond acceptors (Lipinski definition) is 3. The molecule has 1 aliphatic heterocycles. The van der Waals surface area contributed by atoms with Gasteiger partial charge in [0, 0.05) is 0 Å². The van der Waals surface area contributed by atoms with Crippen molar-refractivity contribution in [3.05, 3.63) is 0 Å². The fourth-order valence-electron chi connectivity index (χ4n) is 0.789. The van der Waals surface area contributed by atoms with Crippen LogP contribution in [0.25, 0.3) is 0 Å². The smallest absolute Gasteiger partial charge is 0.236 e. The second-order valence-electron chi connectivity index (χ2n) is 2.14. The Balaban J connectivity index is 2.19. The first-order chi connectivity index (χ1) is 5.33. The second-order valence-corrected chi connectivity index (χ2v) is 2.40. The molecule has 1 fully saturated rings. The Morgan fingerprint density at radius 3 is 3.00 bits per heavy atom. The van der Waals surface area contributed by atoms with Crippen LogP contribution in [0.5, 0.6) is 0 Å². The van der Waals surface area contributed by atoms with Gasteiger partial charge in [-0.25, -0.2) is 0 Å². The van der Waals surface area contributed by atoms with E-state index in [0.29, 0.717) is 19.8 Å². The van der Waals surface area contributed by atoms with Crippen LogP contribution in [0.4, 0.5) is 0 Å². The number of nitrogens with one attached hydrogen (secondary N) is 1. The molecule has 5 heteroatoms. The highest BCUT2D eigenvalue weighted by Gasteiger charge is 2.15. The van der Waals surface area contributed by atoms with Crippen molar-refractivity contribution in [2.75, 3.05) is 25.7 Å². The van der Waals surface area contributed by atoms with Crippen molar-refractivity contribution >= 4 is 17.5 Å². The Kier molecular flexibility index (Phi) is 3.62. The van der Waals surface area contributed by atoms with E-state index in [4.69, 9.17) is 21.1 Å². The van der Waals surface area contributed by atoms with E-state index < -0.39 is 0 Å². The van der Waals surface area contributed by atoms with Crippen LogP contribution in [0.2, 0.25) is 0 Å². The number of hydrogen-bond donors (Lipinski definition) is 1. The minimum atomic E-state index is -0.324. The van der Waals surface area contributed by atoms with Gasteiger partial charge in [-0.2, -0.15) is 0 Å². The fraction of sp³-hybridized carbons (Fsp3) is 0.833. The molecule has 1 amide bonds. The molecule has 0 aromatic carbocycles. The lowest BCUT2D eigenvalue weighted by atomic mass is 10.5. The van der Waals surface area contributed by atoms with Crippen LogP contribution in [0.1, 0.15) is 0 Å². The number of alkyl halides is 1. The highest BCUT2D eigenvalue weighted by Crippen LogP contribution is 1.96. The van der Waals surface area contributed by atoms with Gasteiger partial charge in [0.15, 0.2) is 6.23 Å². The zero-order valence-electron chi connectivity index (χ0n) is 6.01. The van der Waals surface area contributed by atoms with Gasteiger partial charge in [-0.3, -0.25) is 4.79 Å². The van der Waals surface area contributed by atoms with Gasteiger partial charge in [-0.05, 0) is 0 Å². The predicted octanol–water partition coefficient (Wildman–Crippen LogP) is -0.286. The molecule has 1 unspecified atom stereocenters. The maximum absolute atomic E-state index is 10.7. The van der Waals surface area contributed by atoms with E-state index in [2.05, 4.69) is 5.32 Å². The van der Waals surface area contributed by atoms with Crippen molar-refractivity contribution in [1.29, 1.82) is 0 Å². The molecule has 0 saturated carbocycles. The highest BCUT2D eigenvalue weighted by atomic mass is 35.5. The summed E-state index contributed by atoms with van der Waals surface area (Å²) in [4.78, 5) is 10.7. The predicted molar refractivity (Wildman–Crippen MR) is 39.4 cm³/mol. The van der Waals surface area contributed by atoms with Crippen LogP contribution >= 0.6 is 11.6 Å². The van der Waals surface area contributed by atoms with Crippen molar-refractivity contribution in [3.63, 3.8) is 0 Å². The number of ether oxygens (including phenoxy) is 2. The zero-order chi connectivity index (χ0) is 8.10. The number of carbonyl (C=O) groups is 1. The summed E-state index contributed by atoms with van der Waals surface area (Å²) in [6.45, 7) is 1.52. The van der Waals surface area contributed by atoms with Gasteiger partial charge in [-0.1, -0.05) is 0 Å². The SMILES string of the molecule is O=C(CCl)NC1COCCO1. The van der Waals surface area contributed by atoms with Gasteiger partial charge in [0.25, 0.3) is 0 Å². The van der Waals surface area contributed by atoms with Crippen molar-refractivity contribution < 1.29 is 14.3 Å². The summed E-state index contributed by atoms with van der Waals surface area (Å²) < 4.78 is 10.2. The van der Waals surface area contributed by atoms with Gasteiger partial charge in [0.05, 0.1) is 19.8 Å². The Morgan fingerprint density at radius 2 is 2.45 bits per heavy atom. The quantitative estimate of drug-likeness (QED) is 0.593. The molecule has 0 spiro atoms. The number of amides is 1. The lowest BCUT2D eigenvalue weighted by Crippen LogP contribution is -2.44. The van der Waals surface area contributed by atoms with Crippen LogP contribution < -0.4 is 5.32 Å². The lowest BCUT2D eigenvalue weighted by molar-refractivity contribution is -0.134. The summed E-state index contributed by atoms with van der Waals surface area (Å²) in [5, 5.41) is 2.55. The molecular formula is C6H10ClNO3. The summed E-state index contributed by atoms with van der Waals surface area (Å²) in [5.41, 5.74) is 0. The summed E-state index contributed by atoms with van der Waals surface area (Å²) >= 11 is 5.26. The Morgan fingerprint density at radius 1 is 1.64 bits per heavy atom. The van der Waals surface area contributed by atoms with E-state index in [1.807, 2.05) is 0 Å². The lowest BCUT2D eigenvalue weighted by Gasteiger charge is -2.23. The zero-order valence-corrected chi connectivity index (χ0v) is 6.76. The van der Waals surface area contributed by atoms with E-state index >= 15 is 0 Å². The minimum absolute atomic E-state index is 0.0418. The molecule has 1 aliphatic rings. The molecule has 1 rings (SSSR count). The summed E-state index contributed by atoms with van der Waals surface area (Å²) in [6.07, 6.45) is -0.324. The van der Waals surface area contributed by atoms with Gasteiger partial charge < -0.3 is 14.8 Å². The molecular weight excluding hydrogens is 170 g/mol. The Hall–Kier alpha value is -0.320. The molecule has 0 radical (unpaired) electrons. The monoisotopic (exact) mass is 179 g/mol. The third-order valence-corrected chi connectivity index (χ3v) is 1.50. The second kappa shape index (κ2) is 4.54. The van der Waals surface area contributed by atoms with Crippen LogP contribution in [-0.4, -0.2) is 37.8 Å². The van der Waals surface area contributed by atoms with Gasteiger partial charge >= 0.3 is 0 Å². The third-order valence-electron chi connectivity index (χ3n) is 1.26. The van der Waals surface area contributed by atoms with Crippen molar-refractivity contribution in [2.24, 2.45) is 0 Å². The molecule has 1 saturated heterocycles. The van der Waals surface area contributed by atoms with Crippen molar-refractivity contribution in [2.45, 2.75) is 6.23 Å². The molecule has 64 valence electrons. The number of rotatable bonds is 2. The molecule has 0 bridgehead atoms. The van der Waals surface area contributed by atoms with Gasteiger partial charge in [0.1, 0.15) is 5.88 Å². The average Bonchev–Trinajstić information content (AvgIpc) is 2.06. The Bertz CT molecular complexity index is 136. The highest BCUT2D eigenvalue weighted by molar-refractivity contribution is 6.27. The maximum Gasteiger partial charge on any atom is 0.236 e. The molecule has 1 atom stereocenters. The van der Waals surface area contributed by atoms with Crippen LogP contribution in [0.15, 0.2) is 0 Å². The summed E-state index contributed by atoms with van der Waals surface area (Å²) in [6, 6.07) is 0. The Labute approximate surface area is 69.8 Å². The van der Waals surface area contributed by atoms with E-state index in [9.17, 15) is 4.79 Å². The maximum atomic E-state index is 10.7. The van der Waals surface area contributed by atoms with E-state index in [1.165, 1.54) is 0 Å². The van der Waals surface area contributed by atoms with E-state index in [0.717, 1.165) is 0 Å². The normalized spacial score (nSPS) is 24.6. The molecule has 0 aromatic rings. The molecule has 1 heterocycles. The van der Waals surface area contributed by atoms with Gasteiger partial charge in [-0.15, -0.1) is 11.6 Å². The molecule has 11 heavy (non-hydrogen) atoms. The van der Waals surface area contributed by atoms with Gasteiger partial charge in [0.2, 0.25) is 5.91 Å². The minimum Gasteiger partial charge on any atom is -0.374 e. The van der Waals surface area contributed by atoms with E-state index in [-0.39, 0.29) is 18.0 Å². The summed E-state index contributed by atoms with van der Waals surface area (Å²) in [7, 11) is 0. The third kappa shape index (κ3) is 3.05. The topological polar surface area (TPSA) is 47.6 Å². The average molecular weight is 180 g/mol. The fourth-order valence-corrected chi connectivity index (χ4v) is 0.866. The largest absolute Gasteiger partial charge is 0.374 e. The molecule has 0 aliphatic carbocycles. The van der Waals surface area contributed by atoms with Crippen molar-refractivity contribution in [1.82, 2.24) is 5.32 Å². The summed E-state index contributed by atoms with van der Waals surface area (Å²) in [5.74, 6) is -0.276. The molecule has 1 N–H and O–H groups in total. The number of carbonyl (C=O) groups excluding carboxylic acids is 1. The molecule has 0 aromatic heterocycles. The van der Waals surface area contributed by atoms with Crippen molar-refractivity contribution in [3.8, 4) is 0 Å². The standard InChI is InChI=1S/C6H10ClNO3/c7-3-5(9)8-6-4-10-1-2-11-6/h6H,1-4H2,(H,8,9). The van der Waals surface area contributed by atoms with Crippen LogP contribution in [0.3, 0.4) is 0 Å². The first kappa shape index (κ1) is 8.77. The van der Waals surface area contributed by atoms with Crippen LogP contribution in [-0.2, 0) is 14.3 Å². The first-order valence-electron chi connectivity index (χ1n) is 3.37. The molecule has 4 nitrogen and oxygen atoms in total. The van der Waals surface area contributed by atoms with Crippen LogP contribution in [0, 0.1) is 0 Å². The first-order valence-corrected chi connectivity index (χ1v) is 3.91.